The Labute approximate surface area is 129 Å². The van der Waals surface area contributed by atoms with E-state index in [9.17, 15) is 9.59 Å². The van der Waals surface area contributed by atoms with E-state index in [1.807, 2.05) is 6.07 Å². The molecular formula is C16H22N2O4. The topological polar surface area (TPSA) is 80.6 Å². The zero-order chi connectivity index (χ0) is 15.5. The largest absolute Gasteiger partial charge is 0.469 e. The Morgan fingerprint density at radius 1 is 1.27 bits per heavy atom. The van der Waals surface area contributed by atoms with Gasteiger partial charge in [-0.25, -0.2) is 4.79 Å². The van der Waals surface area contributed by atoms with Crippen molar-refractivity contribution < 1.29 is 18.7 Å². The first kappa shape index (κ1) is 14.9. The summed E-state index contributed by atoms with van der Waals surface area (Å²) in [7, 11) is 1.40. The van der Waals surface area contributed by atoms with E-state index in [2.05, 4.69) is 10.6 Å². The zero-order valence-corrected chi connectivity index (χ0v) is 12.8. The Morgan fingerprint density at radius 3 is 2.95 bits per heavy atom. The number of furan rings is 1. The smallest absolute Gasteiger partial charge is 0.315 e. The van der Waals surface area contributed by atoms with Gasteiger partial charge in [-0.15, -0.1) is 0 Å². The fourth-order valence-electron chi connectivity index (χ4n) is 3.52. The van der Waals surface area contributed by atoms with Crippen LogP contribution in [0.4, 0.5) is 4.79 Å². The summed E-state index contributed by atoms with van der Waals surface area (Å²) in [5, 5.41) is 5.99. The van der Waals surface area contributed by atoms with Crippen LogP contribution in [0.2, 0.25) is 0 Å². The van der Waals surface area contributed by atoms with Crippen LogP contribution in [-0.2, 0) is 16.0 Å². The van der Waals surface area contributed by atoms with E-state index < -0.39 is 0 Å². The number of nitrogens with one attached hydrogen (secondary N) is 2. The summed E-state index contributed by atoms with van der Waals surface area (Å²) in [6, 6.07) is 1.81. The fraction of sp³-hybridized carbons (Fsp3) is 0.625. The van der Waals surface area contributed by atoms with Crippen LogP contribution in [0.3, 0.4) is 0 Å². The lowest BCUT2D eigenvalue weighted by molar-refractivity contribution is -0.145. The Bertz CT molecular complexity index is 554. The molecule has 1 saturated carbocycles. The Hall–Kier alpha value is -1.98. The van der Waals surface area contributed by atoms with E-state index in [-0.39, 0.29) is 30.0 Å². The van der Waals surface area contributed by atoms with Crippen molar-refractivity contribution in [3.05, 3.63) is 23.7 Å². The van der Waals surface area contributed by atoms with Gasteiger partial charge in [0.1, 0.15) is 5.76 Å². The normalized spacial score (nSPS) is 27.0. The van der Waals surface area contributed by atoms with Crippen molar-refractivity contribution in [2.45, 2.75) is 50.6 Å². The lowest BCUT2D eigenvalue weighted by Gasteiger charge is -2.24. The van der Waals surface area contributed by atoms with Gasteiger partial charge in [-0.1, -0.05) is 0 Å². The maximum atomic E-state index is 12.2. The number of methoxy groups -OCH3 is 1. The van der Waals surface area contributed by atoms with Gasteiger partial charge in [-0.2, -0.15) is 0 Å². The van der Waals surface area contributed by atoms with Crippen LogP contribution in [0.25, 0.3) is 0 Å². The van der Waals surface area contributed by atoms with Gasteiger partial charge in [0, 0.05) is 18.0 Å². The molecule has 0 spiro atoms. The van der Waals surface area contributed by atoms with Crippen molar-refractivity contribution in [1.29, 1.82) is 0 Å². The first-order valence-corrected chi connectivity index (χ1v) is 7.88. The standard InChI is InChI=1S/C16H22N2O4/c1-21-15(19)10-5-6-11(9-10)17-16(20)18-13-3-2-4-14-12(13)7-8-22-14/h7-8,10-11,13H,2-6,9H2,1H3,(H2,17,18,20)/t10-,11+,13?/m0/s1. The molecule has 3 atom stereocenters. The molecule has 120 valence electrons. The highest BCUT2D eigenvalue weighted by atomic mass is 16.5. The minimum atomic E-state index is -0.181. The van der Waals surface area contributed by atoms with E-state index in [1.165, 1.54) is 7.11 Å². The number of hydrogen-bond acceptors (Lipinski definition) is 4. The van der Waals surface area contributed by atoms with Gasteiger partial charge >= 0.3 is 12.0 Å². The summed E-state index contributed by atoms with van der Waals surface area (Å²) >= 11 is 0. The Morgan fingerprint density at radius 2 is 2.14 bits per heavy atom. The van der Waals surface area contributed by atoms with Crippen LogP contribution < -0.4 is 10.6 Å². The summed E-state index contributed by atoms with van der Waals surface area (Å²) in [6.45, 7) is 0. The molecule has 2 aliphatic carbocycles. The van der Waals surface area contributed by atoms with Gasteiger partial charge in [-0.3, -0.25) is 4.79 Å². The molecule has 0 saturated heterocycles. The second-order valence-corrected chi connectivity index (χ2v) is 6.09. The number of amides is 2. The SMILES string of the molecule is COC(=O)[C@H]1CC[C@@H](NC(=O)NC2CCCc3occc32)C1. The van der Waals surface area contributed by atoms with Gasteiger partial charge in [0.05, 0.1) is 25.3 Å². The molecule has 0 aromatic carbocycles. The molecule has 1 aromatic heterocycles. The summed E-state index contributed by atoms with van der Waals surface area (Å²) in [4.78, 5) is 23.7. The number of ether oxygens (including phenoxy) is 1. The molecule has 0 bridgehead atoms. The number of fused-ring (bicyclic) bond motifs is 1. The molecular weight excluding hydrogens is 284 g/mol. The Kier molecular flexibility index (Phi) is 4.36. The molecule has 22 heavy (non-hydrogen) atoms. The van der Waals surface area contributed by atoms with E-state index in [0.29, 0.717) is 6.42 Å². The molecule has 0 radical (unpaired) electrons. The molecule has 1 heterocycles. The molecule has 6 nitrogen and oxygen atoms in total. The molecule has 3 rings (SSSR count). The maximum Gasteiger partial charge on any atom is 0.315 e. The number of carbonyl (C=O) groups excluding carboxylic acids is 2. The van der Waals surface area contributed by atoms with Crippen LogP contribution in [-0.4, -0.2) is 25.2 Å². The Balaban J connectivity index is 1.51. The van der Waals surface area contributed by atoms with Gasteiger partial charge in [-0.05, 0) is 38.2 Å². The molecule has 1 fully saturated rings. The third-order valence-corrected chi connectivity index (χ3v) is 4.66. The van der Waals surface area contributed by atoms with Crippen LogP contribution >= 0.6 is 0 Å². The molecule has 0 aliphatic heterocycles. The number of carbonyl (C=O) groups is 2. The summed E-state index contributed by atoms with van der Waals surface area (Å²) < 4.78 is 10.2. The highest BCUT2D eigenvalue weighted by molar-refractivity contribution is 5.76. The van der Waals surface area contributed by atoms with E-state index in [4.69, 9.17) is 9.15 Å². The number of rotatable bonds is 3. The van der Waals surface area contributed by atoms with Crippen molar-refractivity contribution in [1.82, 2.24) is 10.6 Å². The maximum absolute atomic E-state index is 12.2. The van der Waals surface area contributed by atoms with Gasteiger partial charge in [0.2, 0.25) is 0 Å². The predicted molar refractivity (Wildman–Crippen MR) is 79.2 cm³/mol. The first-order valence-electron chi connectivity index (χ1n) is 7.88. The minimum Gasteiger partial charge on any atom is -0.469 e. The van der Waals surface area contributed by atoms with Crippen LogP contribution in [0.15, 0.2) is 16.7 Å². The van der Waals surface area contributed by atoms with Gasteiger partial charge in [0.25, 0.3) is 0 Å². The number of aryl methyl sites for hydroxylation is 1. The van der Waals surface area contributed by atoms with Crippen molar-refractivity contribution in [3.63, 3.8) is 0 Å². The number of hydrogen-bond donors (Lipinski definition) is 2. The van der Waals surface area contributed by atoms with Gasteiger partial charge in [0.15, 0.2) is 0 Å². The monoisotopic (exact) mass is 306 g/mol. The lowest BCUT2D eigenvalue weighted by atomic mass is 9.93. The zero-order valence-electron chi connectivity index (χ0n) is 12.8. The highest BCUT2D eigenvalue weighted by Gasteiger charge is 2.32. The van der Waals surface area contributed by atoms with Crippen LogP contribution in [0.5, 0.6) is 0 Å². The van der Waals surface area contributed by atoms with Crippen molar-refractivity contribution in [3.8, 4) is 0 Å². The average molecular weight is 306 g/mol. The molecule has 1 unspecified atom stereocenters. The molecule has 2 N–H and O–H groups in total. The van der Waals surface area contributed by atoms with Crippen molar-refractivity contribution in [2.24, 2.45) is 5.92 Å². The average Bonchev–Trinajstić information content (AvgIpc) is 3.15. The summed E-state index contributed by atoms with van der Waals surface area (Å²) in [5.41, 5.74) is 1.08. The summed E-state index contributed by atoms with van der Waals surface area (Å²) in [5.74, 6) is 0.702. The highest BCUT2D eigenvalue weighted by Crippen LogP contribution is 2.30. The van der Waals surface area contributed by atoms with E-state index in [1.54, 1.807) is 6.26 Å². The van der Waals surface area contributed by atoms with Crippen LogP contribution in [0, 0.1) is 5.92 Å². The molecule has 1 aromatic rings. The second kappa shape index (κ2) is 6.42. The third kappa shape index (κ3) is 3.10. The van der Waals surface area contributed by atoms with Crippen molar-refractivity contribution in [2.75, 3.05) is 7.11 Å². The third-order valence-electron chi connectivity index (χ3n) is 4.66. The molecule has 2 amide bonds. The fourth-order valence-corrected chi connectivity index (χ4v) is 3.52. The van der Waals surface area contributed by atoms with Crippen molar-refractivity contribution >= 4 is 12.0 Å². The second-order valence-electron chi connectivity index (χ2n) is 6.09. The van der Waals surface area contributed by atoms with E-state index in [0.717, 1.165) is 43.4 Å². The van der Waals surface area contributed by atoms with Gasteiger partial charge < -0.3 is 19.8 Å². The minimum absolute atomic E-state index is 0.0142. The number of esters is 1. The lowest BCUT2D eigenvalue weighted by Crippen LogP contribution is -2.43. The first-order chi connectivity index (χ1) is 10.7. The quantitative estimate of drug-likeness (QED) is 0.840. The predicted octanol–water partition coefficient (Wildman–Crippen LogP) is 2.30. The molecule has 2 aliphatic rings. The molecule has 6 heteroatoms. The number of urea groups is 1. The van der Waals surface area contributed by atoms with Crippen LogP contribution in [0.1, 0.15) is 49.5 Å². The van der Waals surface area contributed by atoms with E-state index >= 15 is 0 Å². The summed E-state index contributed by atoms with van der Waals surface area (Å²) in [6.07, 6.45) is 6.80.